The number of benzene rings is 1. The Hall–Kier alpha value is -1.60. The zero-order valence-electron chi connectivity index (χ0n) is 12.8. The molecule has 1 aromatic rings. The van der Waals surface area contributed by atoms with Crippen molar-refractivity contribution in [3.63, 3.8) is 0 Å². The minimum atomic E-state index is -0.454. The van der Waals surface area contributed by atoms with Gasteiger partial charge in [-0.2, -0.15) is 0 Å². The maximum atomic E-state index is 10.9. The third-order valence-corrected chi connectivity index (χ3v) is 3.98. The van der Waals surface area contributed by atoms with E-state index in [-0.39, 0.29) is 29.8 Å². The normalized spacial score (nSPS) is 19.5. The smallest absolute Gasteiger partial charge is 0.461 e. The van der Waals surface area contributed by atoms with Crippen LogP contribution in [0.1, 0.15) is 27.7 Å². The summed E-state index contributed by atoms with van der Waals surface area (Å²) in [7, 11) is -0.363. The van der Waals surface area contributed by atoms with Gasteiger partial charge in [-0.25, -0.2) is 0 Å². The Morgan fingerprint density at radius 2 is 1.76 bits per heavy atom. The summed E-state index contributed by atoms with van der Waals surface area (Å²) >= 11 is 0. The lowest BCUT2D eigenvalue weighted by molar-refractivity contribution is -0.385. The van der Waals surface area contributed by atoms with Crippen LogP contribution in [0.5, 0.6) is 5.75 Å². The van der Waals surface area contributed by atoms with Gasteiger partial charge in [0.05, 0.1) is 22.7 Å². The molecule has 1 aliphatic rings. The highest BCUT2D eigenvalue weighted by Crippen LogP contribution is 2.37. The zero-order chi connectivity index (χ0) is 15.7. The maximum Gasteiger partial charge on any atom is 0.461 e. The van der Waals surface area contributed by atoms with E-state index in [9.17, 15) is 10.1 Å². The van der Waals surface area contributed by atoms with Crippen LogP contribution in [0.3, 0.4) is 0 Å². The lowest BCUT2D eigenvalue weighted by Crippen LogP contribution is -2.41. The van der Waals surface area contributed by atoms with Crippen LogP contribution in [0.4, 0.5) is 5.69 Å². The third-order valence-electron chi connectivity index (χ3n) is 3.98. The van der Waals surface area contributed by atoms with E-state index < -0.39 is 4.92 Å². The first-order valence-corrected chi connectivity index (χ1v) is 6.95. The molecule has 0 N–H and O–H groups in total. The van der Waals surface area contributed by atoms with Crippen LogP contribution in [-0.4, -0.2) is 29.9 Å². The molecule has 21 heavy (non-hydrogen) atoms. The second-order valence-electron chi connectivity index (χ2n) is 6.05. The van der Waals surface area contributed by atoms with Crippen molar-refractivity contribution >= 4 is 12.8 Å². The highest BCUT2D eigenvalue weighted by atomic mass is 16.7. The molecule has 0 spiro atoms. The van der Waals surface area contributed by atoms with Crippen molar-refractivity contribution in [2.24, 2.45) is 0 Å². The van der Waals surface area contributed by atoms with Gasteiger partial charge >= 0.3 is 12.8 Å². The lowest BCUT2D eigenvalue weighted by atomic mass is 9.86. The van der Waals surface area contributed by atoms with Gasteiger partial charge in [-0.15, -0.1) is 0 Å². The monoisotopic (exact) mass is 293 g/mol. The van der Waals surface area contributed by atoms with Crippen molar-refractivity contribution in [3.8, 4) is 5.75 Å². The number of hydrogen-bond donors (Lipinski definition) is 0. The molecule has 0 atom stereocenters. The van der Waals surface area contributed by atoms with Gasteiger partial charge in [0, 0.05) is 12.4 Å². The number of ether oxygens (including phenoxy) is 1. The molecule has 0 aliphatic carbocycles. The summed E-state index contributed by atoms with van der Waals surface area (Å²) in [5.41, 5.74) is -0.793. The van der Waals surface area contributed by atoms with Gasteiger partial charge in [-0.3, -0.25) is 10.1 Å². The largest absolute Gasteiger partial charge is 0.487 e. The number of nitro benzene ring substituents is 1. The number of nitro groups is 1. The molecule has 1 fully saturated rings. The van der Waals surface area contributed by atoms with Crippen LogP contribution in [-0.2, 0) is 9.31 Å². The second-order valence-corrected chi connectivity index (χ2v) is 6.05. The third kappa shape index (κ3) is 3.36. The van der Waals surface area contributed by atoms with Gasteiger partial charge < -0.3 is 14.0 Å². The summed E-state index contributed by atoms with van der Waals surface area (Å²) in [6.07, 6.45) is 0.513. The van der Waals surface area contributed by atoms with Crippen LogP contribution in [0.15, 0.2) is 24.3 Å². The van der Waals surface area contributed by atoms with Gasteiger partial charge in [-0.05, 0) is 33.8 Å². The van der Waals surface area contributed by atoms with Crippen molar-refractivity contribution in [1.82, 2.24) is 0 Å². The SMILES string of the molecule is CC1(C)OB(CCOc2ccccc2[N+](=O)[O-])OC1(C)C. The maximum absolute atomic E-state index is 10.9. The molecule has 0 saturated carbocycles. The molecule has 2 rings (SSSR count). The average Bonchev–Trinajstić information content (AvgIpc) is 2.58. The van der Waals surface area contributed by atoms with E-state index in [0.717, 1.165) is 0 Å². The molecular formula is C14H20BNO5. The van der Waals surface area contributed by atoms with Crippen LogP contribution in [0.2, 0.25) is 6.32 Å². The van der Waals surface area contributed by atoms with Gasteiger partial charge in [0.25, 0.3) is 0 Å². The van der Waals surface area contributed by atoms with Gasteiger partial charge in [0.1, 0.15) is 0 Å². The van der Waals surface area contributed by atoms with E-state index in [1.807, 2.05) is 27.7 Å². The van der Waals surface area contributed by atoms with Gasteiger partial charge in [-0.1, -0.05) is 12.1 Å². The minimum absolute atomic E-state index is 0.0357. The summed E-state index contributed by atoms with van der Waals surface area (Å²) in [4.78, 5) is 10.4. The van der Waals surface area contributed by atoms with E-state index in [2.05, 4.69) is 0 Å². The first-order chi connectivity index (χ1) is 9.73. The quantitative estimate of drug-likeness (QED) is 0.474. The van der Waals surface area contributed by atoms with Crippen LogP contribution in [0, 0.1) is 10.1 Å². The minimum Gasteiger partial charge on any atom is -0.487 e. The Bertz CT molecular complexity index is 516. The van der Waals surface area contributed by atoms with Crippen molar-refractivity contribution in [1.29, 1.82) is 0 Å². The second kappa shape index (κ2) is 5.65. The van der Waals surface area contributed by atoms with Gasteiger partial charge in [0.15, 0.2) is 5.75 Å². The summed E-state index contributed by atoms with van der Waals surface area (Å²) in [5, 5.41) is 10.9. The van der Waals surface area contributed by atoms with E-state index in [1.165, 1.54) is 6.07 Å². The van der Waals surface area contributed by atoms with Crippen molar-refractivity contribution in [3.05, 3.63) is 34.4 Å². The number of rotatable bonds is 5. The molecule has 0 unspecified atom stereocenters. The molecule has 7 heteroatoms. The molecule has 0 aromatic heterocycles. The topological polar surface area (TPSA) is 70.8 Å². The van der Waals surface area contributed by atoms with Crippen molar-refractivity contribution in [2.75, 3.05) is 6.61 Å². The van der Waals surface area contributed by atoms with E-state index in [1.54, 1.807) is 18.2 Å². The summed E-state index contributed by atoms with van der Waals surface area (Å²) in [6, 6.07) is 6.32. The van der Waals surface area contributed by atoms with Crippen LogP contribution < -0.4 is 4.74 Å². The molecule has 1 aromatic carbocycles. The van der Waals surface area contributed by atoms with Crippen molar-refractivity contribution < 1.29 is 19.0 Å². The number of para-hydroxylation sites is 2. The fourth-order valence-corrected chi connectivity index (χ4v) is 2.08. The molecule has 0 amide bonds. The molecular weight excluding hydrogens is 273 g/mol. The average molecular weight is 293 g/mol. The van der Waals surface area contributed by atoms with E-state index in [4.69, 9.17) is 14.0 Å². The molecule has 0 bridgehead atoms. The predicted octanol–water partition coefficient (Wildman–Crippen LogP) is 3.07. The standard InChI is InChI=1S/C14H20BNO5/c1-13(2)14(3,4)21-15(20-13)9-10-19-12-8-6-5-7-11(12)16(17)18/h5-8H,9-10H2,1-4H3. The summed E-state index contributed by atoms with van der Waals surface area (Å²) < 4.78 is 17.2. The lowest BCUT2D eigenvalue weighted by Gasteiger charge is -2.32. The molecule has 1 aliphatic heterocycles. The summed E-state index contributed by atoms with van der Waals surface area (Å²) in [6.45, 7) is 8.22. The van der Waals surface area contributed by atoms with Gasteiger partial charge in [0.2, 0.25) is 0 Å². The molecule has 0 radical (unpaired) electrons. The summed E-state index contributed by atoms with van der Waals surface area (Å²) in [5.74, 6) is 0.263. The highest BCUT2D eigenvalue weighted by molar-refractivity contribution is 6.45. The van der Waals surface area contributed by atoms with Crippen molar-refractivity contribution in [2.45, 2.75) is 45.2 Å². The van der Waals surface area contributed by atoms with E-state index in [0.29, 0.717) is 12.9 Å². The molecule has 6 nitrogen and oxygen atoms in total. The van der Waals surface area contributed by atoms with E-state index >= 15 is 0 Å². The first kappa shape index (κ1) is 15.8. The Morgan fingerprint density at radius 3 is 2.33 bits per heavy atom. The first-order valence-electron chi connectivity index (χ1n) is 6.95. The number of nitrogens with zero attached hydrogens (tertiary/aromatic N) is 1. The molecule has 1 saturated heterocycles. The predicted molar refractivity (Wildman–Crippen MR) is 79.5 cm³/mol. The highest BCUT2D eigenvalue weighted by Gasteiger charge is 2.50. The fourth-order valence-electron chi connectivity index (χ4n) is 2.08. The molecule has 1 heterocycles. The molecule has 114 valence electrons. The fraction of sp³-hybridized carbons (Fsp3) is 0.571. The Kier molecular flexibility index (Phi) is 4.25. The number of hydrogen-bond acceptors (Lipinski definition) is 5. The van der Waals surface area contributed by atoms with Crippen LogP contribution >= 0.6 is 0 Å². The Morgan fingerprint density at radius 1 is 1.19 bits per heavy atom. The Balaban J connectivity index is 1.91. The van der Waals surface area contributed by atoms with Crippen LogP contribution in [0.25, 0.3) is 0 Å². The Labute approximate surface area is 124 Å². The zero-order valence-corrected chi connectivity index (χ0v) is 12.8.